The van der Waals surface area contributed by atoms with Gasteiger partial charge in [0.2, 0.25) is 5.91 Å². The number of halogens is 1. The highest BCUT2D eigenvalue weighted by Gasteiger charge is 2.12. The number of imidazole rings is 1. The minimum Gasteiger partial charge on any atom is -0.378 e. The van der Waals surface area contributed by atoms with Crippen LogP contribution in [0, 0.1) is 0 Å². The predicted molar refractivity (Wildman–Crippen MR) is 110 cm³/mol. The van der Waals surface area contributed by atoms with E-state index in [0.717, 1.165) is 48.7 Å². The molecule has 0 radical (unpaired) electrons. The molecule has 1 aromatic heterocycles. The van der Waals surface area contributed by atoms with Gasteiger partial charge in [0.15, 0.2) is 5.16 Å². The number of thioether (sulfide) groups is 1. The second-order valence-electron chi connectivity index (χ2n) is 6.19. The van der Waals surface area contributed by atoms with Gasteiger partial charge in [-0.3, -0.25) is 4.79 Å². The van der Waals surface area contributed by atoms with Crippen LogP contribution >= 0.6 is 23.4 Å². The Bertz CT molecular complexity index is 939. The molecule has 0 unspecified atom stereocenters. The Morgan fingerprint density at radius 3 is 2.78 bits per heavy atom. The van der Waals surface area contributed by atoms with Crippen LogP contribution in [-0.4, -0.2) is 47.9 Å². The van der Waals surface area contributed by atoms with Crippen LogP contribution in [0.3, 0.4) is 0 Å². The summed E-state index contributed by atoms with van der Waals surface area (Å²) < 4.78 is 5.37. The van der Waals surface area contributed by atoms with Gasteiger partial charge in [0.25, 0.3) is 0 Å². The fourth-order valence-corrected chi connectivity index (χ4v) is 3.79. The number of nitrogens with one attached hydrogen (secondary N) is 2. The van der Waals surface area contributed by atoms with Crippen LogP contribution in [0.15, 0.2) is 47.6 Å². The van der Waals surface area contributed by atoms with E-state index in [1.807, 2.05) is 36.4 Å². The third kappa shape index (κ3) is 4.55. The van der Waals surface area contributed by atoms with Crippen molar-refractivity contribution in [1.29, 1.82) is 0 Å². The van der Waals surface area contributed by atoms with Crippen molar-refractivity contribution in [3.8, 4) is 0 Å². The van der Waals surface area contributed by atoms with Gasteiger partial charge in [0.05, 0.1) is 30.0 Å². The standard InChI is InChI=1S/C19H19ClN4O2S/c20-13-1-6-16-17(11-13)23-19(22-16)27-12-18(25)21-14-2-4-15(5-3-14)24-7-9-26-10-8-24/h1-6,11H,7-10,12H2,(H,21,25)(H,22,23). The molecule has 140 valence electrons. The summed E-state index contributed by atoms with van der Waals surface area (Å²) in [6.07, 6.45) is 0. The van der Waals surface area contributed by atoms with Crippen molar-refractivity contribution in [3.63, 3.8) is 0 Å². The SMILES string of the molecule is O=C(CSc1nc2ccc(Cl)cc2[nH]1)Nc1ccc(N2CCOCC2)cc1. The molecule has 3 aromatic rings. The molecule has 2 N–H and O–H groups in total. The van der Waals surface area contributed by atoms with Crippen LogP contribution in [-0.2, 0) is 9.53 Å². The molecule has 6 nitrogen and oxygen atoms in total. The molecular weight excluding hydrogens is 384 g/mol. The number of benzene rings is 2. The van der Waals surface area contributed by atoms with Gasteiger partial charge in [-0.1, -0.05) is 23.4 Å². The summed E-state index contributed by atoms with van der Waals surface area (Å²) in [4.78, 5) is 22.1. The van der Waals surface area contributed by atoms with E-state index in [2.05, 4.69) is 20.2 Å². The molecule has 0 aliphatic carbocycles. The zero-order valence-electron chi connectivity index (χ0n) is 14.6. The Kier molecular flexibility index (Phi) is 5.52. The maximum Gasteiger partial charge on any atom is 0.234 e. The summed E-state index contributed by atoms with van der Waals surface area (Å²) in [6.45, 7) is 3.30. The summed E-state index contributed by atoms with van der Waals surface area (Å²) >= 11 is 7.34. The van der Waals surface area contributed by atoms with Crippen molar-refractivity contribution in [2.45, 2.75) is 5.16 Å². The highest BCUT2D eigenvalue weighted by molar-refractivity contribution is 7.99. The van der Waals surface area contributed by atoms with E-state index in [1.165, 1.54) is 11.8 Å². The Morgan fingerprint density at radius 2 is 2.00 bits per heavy atom. The van der Waals surface area contributed by atoms with Gasteiger partial charge in [0, 0.05) is 29.5 Å². The number of morpholine rings is 1. The van der Waals surface area contributed by atoms with Crippen molar-refractivity contribution < 1.29 is 9.53 Å². The minimum absolute atomic E-state index is 0.0717. The van der Waals surface area contributed by atoms with E-state index in [9.17, 15) is 4.79 Å². The predicted octanol–water partition coefficient (Wildman–Crippen LogP) is 3.78. The lowest BCUT2D eigenvalue weighted by Crippen LogP contribution is -2.36. The highest BCUT2D eigenvalue weighted by Crippen LogP contribution is 2.23. The van der Waals surface area contributed by atoms with Crippen LogP contribution in [0.5, 0.6) is 0 Å². The van der Waals surface area contributed by atoms with Crippen LogP contribution in [0.2, 0.25) is 5.02 Å². The van der Waals surface area contributed by atoms with Gasteiger partial charge in [-0.25, -0.2) is 4.98 Å². The van der Waals surface area contributed by atoms with E-state index in [4.69, 9.17) is 16.3 Å². The Morgan fingerprint density at radius 1 is 1.22 bits per heavy atom. The first kappa shape index (κ1) is 18.2. The van der Waals surface area contributed by atoms with E-state index in [-0.39, 0.29) is 11.7 Å². The first-order valence-corrected chi connectivity index (χ1v) is 10.0. The fourth-order valence-electron chi connectivity index (χ4n) is 2.93. The zero-order chi connectivity index (χ0) is 18.6. The van der Waals surface area contributed by atoms with Crippen molar-refractivity contribution in [1.82, 2.24) is 9.97 Å². The van der Waals surface area contributed by atoms with E-state index in [0.29, 0.717) is 10.2 Å². The van der Waals surface area contributed by atoms with Crippen molar-refractivity contribution in [2.24, 2.45) is 0 Å². The van der Waals surface area contributed by atoms with Crippen molar-refractivity contribution in [2.75, 3.05) is 42.3 Å². The monoisotopic (exact) mass is 402 g/mol. The molecule has 1 saturated heterocycles. The summed E-state index contributed by atoms with van der Waals surface area (Å²) in [5.41, 5.74) is 3.63. The maximum absolute atomic E-state index is 12.2. The third-order valence-electron chi connectivity index (χ3n) is 4.29. The molecule has 4 rings (SSSR count). The Balaban J connectivity index is 1.31. The molecule has 0 saturated carbocycles. The summed E-state index contributed by atoms with van der Waals surface area (Å²) in [6, 6.07) is 13.4. The number of aromatic amines is 1. The minimum atomic E-state index is -0.0717. The second-order valence-corrected chi connectivity index (χ2v) is 7.59. The number of carbonyl (C=O) groups is 1. The second kappa shape index (κ2) is 8.21. The number of carbonyl (C=O) groups excluding carboxylic acids is 1. The number of hydrogen-bond acceptors (Lipinski definition) is 5. The number of amides is 1. The van der Waals surface area contributed by atoms with Crippen molar-refractivity contribution in [3.05, 3.63) is 47.5 Å². The number of nitrogens with zero attached hydrogens (tertiary/aromatic N) is 2. The maximum atomic E-state index is 12.2. The molecule has 1 fully saturated rings. The number of fused-ring (bicyclic) bond motifs is 1. The molecule has 1 aliphatic rings. The summed E-state index contributed by atoms with van der Waals surface area (Å²) in [5, 5.41) is 4.27. The topological polar surface area (TPSA) is 70.2 Å². The van der Waals surface area contributed by atoms with E-state index in [1.54, 1.807) is 6.07 Å². The number of anilines is 2. The van der Waals surface area contributed by atoms with Gasteiger partial charge < -0.3 is 19.9 Å². The molecule has 2 heterocycles. The number of aromatic nitrogens is 2. The largest absolute Gasteiger partial charge is 0.378 e. The smallest absolute Gasteiger partial charge is 0.234 e. The van der Waals surface area contributed by atoms with Gasteiger partial charge in [-0.2, -0.15) is 0 Å². The average Bonchev–Trinajstić information content (AvgIpc) is 3.10. The van der Waals surface area contributed by atoms with Gasteiger partial charge in [-0.15, -0.1) is 0 Å². The molecular formula is C19H19ClN4O2S. The quantitative estimate of drug-likeness (QED) is 0.635. The molecule has 0 atom stereocenters. The number of hydrogen-bond donors (Lipinski definition) is 2. The van der Waals surface area contributed by atoms with Crippen molar-refractivity contribution >= 4 is 51.7 Å². The molecule has 0 bridgehead atoms. The number of ether oxygens (including phenoxy) is 1. The lowest BCUT2D eigenvalue weighted by Gasteiger charge is -2.28. The van der Waals surface area contributed by atoms with Crippen LogP contribution in [0.25, 0.3) is 11.0 Å². The normalized spacial score (nSPS) is 14.5. The highest BCUT2D eigenvalue weighted by atomic mass is 35.5. The molecule has 1 amide bonds. The number of H-pyrrole nitrogens is 1. The van der Waals surface area contributed by atoms with E-state index >= 15 is 0 Å². The number of rotatable bonds is 5. The molecule has 8 heteroatoms. The van der Waals surface area contributed by atoms with Crippen LogP contribution in [0.4, 0.5) is 11.4 Å². The van der Waals surface area contributed by atoms with E-state index < -0.39 is 0 Å². The molecule has 2 aromatic carbocycles. The molecule has 27 heavy (non-hydrogen) atoms. The summed E-state index contributed by atoms with van der Waals surface area (Å²) in [5.74, 6) is 0.205. The Labute approximate surface area is 166 Å². The van der Waals surface area contributed by atoms with Crippen LogP contribution < -0.4 is 10.2 Å². The zero-order valence-corrected chi connectivity index (χ0v) is 16.1. The Hall–Kier alpha value is -2.22. The fraction of sp³-hybridized carbons (Fsp3) is 0.263. The summed E-state index contributed by atoms with van der Waals surface area (Å²) in [7, 11) is 0. The van der Waals surface area contributed by atoms with Gasteiger partial charge in [-0.05, 0) is 42.5 Å². The molecule has 1 aliphatic heterocycles. The average molecular weight is 403 g/mol. The van der Waals surface area contributed by atoms with Crippen LogP contribution in [0.1, 0.15) is 0 Å². The molecule has 0 spiro atoms. The first-order chi connectivity index (χ1) is 13.2. The van der Waals surface area contributed by atoms with Gasteiger partial charge in [0.1, 0.15) is 0 Å². The van der Waals surface area contributed by atoms with Gasteiger partial charge >= 0.3 is 0 Å². The first-order valence-electron chi connectivity index (χ1n) is 8.68. The third-order valence-corrected chi connectivity index (χ3v) is 5.40. The lowest BCUT2D eigenvalue weighted by molar-refractivity contribution is -0.113. The lowest BCUT2D eigenvalue weighted by atomic mass is 10.2.